The molecule has 0 atom stereocenters. The standard InChI is InChI=1S/C14H14N2O4/c1-11-5-6-15(14(17)9-11)7-8-20-13-4-2-3-12(10-13)16(18)19/h2-6,9-10H,7-8H2,1H3. The molecule has 0 N–H and O–H groups in total. The highest BCUT2D eigenvalue weighted by Crippen LogP contribution is 2.18. The lowest BCUT2D eigenvalue weighted by Gasteiger charge is -2.08. The fraction of sp³-hybridized carbons (Fsp3) is 0.214. The summed E-state index contributed by atoms with van der Waals surface area (Å²) in [5.41, 5.74) is 0.800. The molecule has 6 heteroatoms. The van der Waals surface area contributed by atoms with Crippen molar-refractivity contribution in [3.05, 3.63) is 68.6 Å². The Labute approximate surface area is 115 Å². The number of aryl methyl sites for hydroxylation is 1. The zero-order chi connectivity index (χ0) is 14.5. The van der Waals surface area contributed by atoms with Gasteiger partial charge in [0.1, 0.15) is 12.4 Å². The lowest BCUT2D eigenvalue weighted by atomic mass is 10.3. The van der Waals surface area contributed by atoms with Crippen LogP contribution in [0.2, 0.25) is 0 Å². The first-order valence-electron chi connectivity index (χ1n) is 6.10. The Balaban J connectivity index is 1.97. The smallest absolute Gasteiger partial charge is 0.273 e. The summed E-state index contributed by atoms with van der Waals surface area (Å²) in [6.45, 7) is 2.51. The Kier molecular flexibility index (Phi) is 4.14. The number of aromatic nitrogens is 1. The zero-order valence-corrected chi connectivity index (χ0v) is 11.0. The van der Waals surface area contributed by atoms with E-state index in [1.54, 1.807) is 24.4 Å². The zero-order valence-electron chi connectivity index (χ0n) is 11.0. The summed E-state index contributed by atoms with van der Waals surface area (Å²) in [5, 5.41) is 10.6. The number of hydrogen-bond donors (Lipinski definition) is 0. The summed E-state index contributed by atoms with van der Waals surface area (Å²) in [5.74, 6) is 0.416. The molecule has 1 heterocycles. The number of nitro benzene ring substituents is 1. The molecule has 6 nitrogen and oxygen atoms in total. The molecule has 0 aliphatic carbocycles. The van der Waals surface area contributed by atoms with E-state index in [0.29, 0.717) is 12.3 Å². The van der Waals surface area contributed by atoms with E-state index < -0.39 is 4.92 Å². The van der Waals surface area contributed by atoms with Gasteiger partial charge >= 0.3 is 0 Å². The molecule has 0 amide bonds. The molecule has 0 aliphatic rings. The molecule has 0 saturated carbocycles. The Morgan fingerprint density at radius 1 is 1.30 bits per heavy atom. The van der Waals surface area contributed by atoms with Gasteiger partial charge in [0.2, 0.25) is 0 Å². The van der Waals surface area contributed by atoms with Crippen molar-refractivity contribution in [2.45, 2.75) is 13.5 Å². The van der Waals surface area contributed by atoms with Gasteiger partial charge in [0.25, 0.3) is 11.2 Å². The maximum Gasteiger partial charge on any atom is 0.273 e. The van der Waals surface area contributed by atoms with Crippen LogP contribution in [0.1, 0.15) is 5.56 Å². The fourth-order valence-electron chi connectivity index (χ4n) is 1.74. The second-order valence-corrected chi connectivity index (χ2v) is 4.34. The molecule has 2 rings (SSSR count). The molecule has 0 spiro atoms. The van der Waals surface area contributed by atoms with Crippen LogP contribution in [0.4, 0.5) is 5.69 Å². The number of nitro groups is 1. The highest BCUT2D eigenvalue weighted by atomic mass is 16.6. The minimum Gasteiger partial charge on any atom is -0.491 e. The summed E-state index contributed by atoms with van der Waals surface area (Å²) < 4.78 is 6.95. The average Bonchev–Trinajstić information content (AvgIpc) is 2.41. The van der Waals surface area contributed by atoms with Gasteiger partial charge in [-0.1, -0.05) is 6.07 Å². The van der Waals surface area contributed by atoms with Crippen LogP contribution in [0.3, 0.4) is 0 Å². The van der Waals surface area contributed by atoms with Gasteiger partial charge in [-0.25, -0.2) is 0 Å². The quantitative estimate of drug-likeness (QED) is 0.618. The van der Waals surface area contributed by atoms with Gasteiger partial charge in [-0.2, -0.15) is 0 Å². The van der Waals surface area contributed by atoms with Crippen LogP contribution in [0.15, 0.2) is 47.4 Å². The van der Waals surface area contributed by atoms with E-state index >= 15 is 0 Å². The molecule has 0 aliphatic heterocycles. The first kappa shape index (κ1) is 13.8. The lowest BCUT2D eigenvalue weighted by Crippen LogP contribution is -2.21. The molecule has 2 aromatic rings. The summed E-state index contributed by atoms with van der Waals surface area (Å²) in [6.07, 6.45) is 1.70. The van der Waals surface area contributed by atoms with Crippen LogP contribution >= 0.6 is 0 Å². The van der Waals surface area contributed by atoms with Crippen molar-refractivity contribution in [2.75, 3.05) is 6.61 Å². The van der Waals surface area contributed by atoms with E-state index in [1.807, 2.05) is 13.0 Å². The second-order valence-electron chi connectivity index (χ2n) is 4.34. The Morgan fingerprint density at radius 2 is 2.10 bits per heavy atom. The number of ether oxygens (including phenoxy) is 1. The average molecular weight is 274 g/mol. The van der Waals surface area contributed by atoms with Crippen LogP contribution in [0, 0.1) is 17.0 Å². The SMILES string of the molecule is Cc1ccn(CCOc2cccc([N+](=O)[O-])c2)c(=O)c1. The molecule has 0 radical (unpaired) electrons. The maximum absolute atomic E-state index is 11.6. The van der Waals surface area contributed by atoms with E-state index in [4.69, 9.17) is 4.74 Å². The molecule has 0 fully saturated rings. The van der Waals surface area contributed by atoms with Crippen molar-refractivity contribution >= 4 is 5.69 Å². The molecular weight excluding hydrogens is 260 g/mol. The van der Waals surface area contributed by atoms with Gasteiger partial charge in [0.05, 0.1) is 17.5 Å². The first-order chi connectivity index (χ1) is 9.56. The Hall–Kier alpha value is -2.63. The summed E-state index contributed by atoms with van der Waals surface area (Å²) in [4.78, 5) is 21.8. The fourth-order valence-corrected chi connectivity index (χ4v) is 1.74. The van der Waals surface area contributed by atoms with Crippen LogP contribution in [-0.2, 0) is 6.54 Å². The maximum atomic E-state index is 11.6. The Bertz CT molecular complexity index is 679. The predicted octanol–water partition coefficient (Wildman–Crippen LogP) is 2.14. The first-order valence-corrected chi connectivity index (χ1v) is 6.10. The largest absolute Gasteiger partial charge is 0.491 e. The molecule has 1 aromatic carbocycles. The number of nitrogens with zero attached hydrogens (tertiary/aromatic N) is 2. The molecule has 104 valence electrons. The molecule has 1 aromatic heterocycles. The van der Waals surface area contributed by atoms with Crippen molar-refractivity contribution in [3.63, 3.8) is 0 Å². The third-order valence-corrected chi connectivity index (χ3v) is 2.78. The topological polar surface area (TPSA) is 74.4 Å². The number of non-ortho nitro benzene ring substituents is 1. The monoisotopic (exact) mass is 274 g/mol. The van der Waals surface area contributed by atoms with Crippen molar-refractivity contribution < 1.29 is 9.66 Å². The third-order valence-electron chi connectivity index (χ3n) is 2.78. The van der Waals surface area contributed by atoms with Crippen molar-refractivity contribution in [1.29, 1.82) is 0 Å². The van der Waals surface area contributed by atoms with Gasteiger partial charge in [-0.15, -0.1) is 0 Å². The number of benzene rings is 1. The van der Waals surface area contributed by atoms with E-state index in [1.165, 1.54) is 16.7 Å². The van der Waals surface area contributed by atoms with Gasteiger partial charge in [0, 0.05) is 18.3 Å². The van der Waals surface area contributed by atoms with Gasteiger partial charge in [-0.3, -0.25) is 14.9 Å². The number of rotatable bonds is 5. The summed E-state index contributed by atoms with van der Waals surface area (Å²) in [7, 11) is 0. The normalized spacial score (nSPS) is 10.2. The van der Waals surface area contributed by atoms with Gasteiger partial charge in [-0.05, 0) is 24.6 Å². The highest BCUT2D eigenvalue weighted by molar-refractivity contribution is 5.37. The minimum absolute atomic E-state index is 0.0185. The van der Waals surface area contributed by atoms with E-state index in [-0.39, 0.29) is 17.9 Å². The van der Waals surface area contributed by atoms with Gasteiger partial charge in [0.15, 0.2) is 0 Å². The van der Waals surface area contributed by atoms with Crippen molar-refractivity contribution in [1.82, 2.24) is 4.57 Å². The van der Waals surface area contributed by atoms with Crippen LogP contribution in [0.5, 0.6) is 5.75 Å². The molecular formula is C14H14N2O4. The number of hydrogen-bond acceptors (Lipinski definition) is 4. The van der Waals surface area contributed by atoms with Crippen molar-refractivity contribution in [2.24, 2.45) is 0 Å². The van der Waals surface area contributed by atoms with E-state index in [9.17, 15) is 14.9 Å². The lowest BCUT2D eigenvalue weighted by molar-refractivity contribution is -0.384. The summed E-state index contributed by atoms with van der Waals surface area (Å²) >= 11 is 0. The van der Waals surface area contributed by atoms with E-state index in [2.05, 4.69) is 0 Å². The third kappa shape index (κ3) is 3.44. The summed E-state index contributed by atoms with van der Waals surface area (Å²) in [6, 6.07) is 9.35. The Morgan fingerprint density at radius 3 is 2.80 bits per heavy atom. The molecule has 0 unspecified atom stereocenters. The highest BCUT2D eigenvalue weighted by Gasteiger charge is 2.06. The van der Waals surface area contributed by atoms with Crippen LogP contribution in [0.25, 0.3) is 0 Å². The van der Waals surface area contributed by atoms with E-state index in [0.717, 1.165) is 5.56 Å². The minimum atomic E-state index is -0.475. The number of pyridine rings is 1. The van der Waals surface area contributed by atoms with Crippen molar-refractivity contribution in [3.8, 4) is 5.75 Å². The second kappa shape index (κ2) is 6.01. The molecule has 0 bridgehead atoms. The molecule has 20 heavy (non-hydrogen) atoms. The molecule has 0 saturated heterocycles. The van der Waals surface area contributed by atoms with Crippen LogP contribution < -0.4 is 10.3 Å². The van der Waals surface area contributed by atoms with Crippen LogP contribution in [-0.4, -0.2) is 16.1 Å². The van der Waals surface area contributed by atoms with Gasteiger partial charge < -0.3 is 9.30 Å². The predicted molar refractivity (Wildman–Crippen MR) is 74.0 cm³/mol.